The third-order valence-electron chi connectivity index (χ3n) is 2.36. The normalized spacial score (nSPS) is 10.0. The van der Waals surface area contributed by atoms with E-state index in [-0.39, 0.29) is 5.91 Å². The number of carbonyl (C=O) groups excluding carboxylic acids is 2. The fraction of sp³-hybridized carbons (Fsp3) is 0.500. The van der Waals surface area contributed by atoms with Gasteiger partial charge in [0.2, 0.25) is 11.9 Å². The molecule has 0 radical (unpaired) electrons. The first-order chi connectivity index (χ1) is 9.04. The highest BCUT2D eigenvalue weighted by molar-refractivity contribution is 5.90. The van der Waals surface area contributed by atoms with Gasteiger partial charge in [-0.15, -0.1) is 0 Å². The van der Waals surface area contributed by atoms with Gasteiger partial charge in [-0.3, -0.25) is 4.79 Å². The molecule has 7 heteroatoms. The summed E-state index contributed by atoms with van der Waals surface area (Å²) >= 11 is 0. The molecule has 7 nitrogen and oxygen atoms in total. The Morgan fingerprint density at radius 3 is 2.79 bits per heavy atom. The second kappa shape index (κ2) is 7.30. The van der Waals surface area contributed by atoms with Crippen molar-refractivity contribution >= 4 is 17.8 Å². The van der Waals surface area contributed by atoms with Crippen LogP contribution in [-0.4, -0.2) is 35.0 Å². The molecule has 0 aliphatic rings. The summed E-state index contributed by atoms with van der Waals surface area (Å²) < 4.78 is 4.88. The van der Waals surface area contributed by atoms with Crippen LogP contribution in [0.1, 0.15) is 35.8 Å². The monoisotopic (exact) mass is 266 g/mol. The van der Waals surface area contributed by atoms with Crippen LogP contribution in [0.2, 0.25) is 0 Å². The molecule has 1 amide bonds. The highest BCUT2D eigenvalue weighted by Gasteiger charge is 2.12. The molecule has 0 spiro atoms. The van der Waals surface area contributed by atoms with Gasteiger partial charge >= 0.3 is 5.97 Å². The summed E-state index contributed by atoms with van der Waals surface area (Å²) in [5, 5.41) is 2.96. The zero-order chi connectivity index (χ0) is 14.3. The van der Waals surface area contributed by atoms with Crippen LogP contribution in [-0.2, 0) is 9.53 Å². The summed E-state index contributed by atoms with van der Waals surface area (Å²) in [6.45, 7) is 4.30. The van der Waals surface area contributed by atoms with Gasteiger partial charge in [-0.2, -0.15) is 0 Å². The number of aromatic nitrogens is 2. The fourth-order valence-corrected chi connectivity index (χ4v) is 1.42. The molecule has 0 bridgehead atoms. The summed E-state index contributed by atoms with van der Waals surface area (Å²) in [6.07, 6.45) is 2.35. The molecule has 19 heavy (non-hydrogen) atoms. The summed E-state index contributed by atoms with van der Waals surface area (Å²) in [4.78, 5) is 30.3. The molecule has 0 saturated heterocycles. The van der Waals surface area contributed by atoms with Crippen molar-refractivity contribution in [1.29, 1.82) is 0 Å². The van der Waals surface area contributed by atoms with Gasteiger partial charge in [0.15, 0.2) is 0 Å². The number of ether oxygens (including phenoxy) is 1. The third kappa shape index (κ3) is 4.90. The Balaban J connectivity index is 2.56. The smallest absolute Gasteiger partial charge is 0.341 e. The Morgan fingerprint density at radius 1 is 1.47 bits per heavy atom. The number of nitrogens with zero attached hydrogens (tertiary/aromatic N) is 2. The maximum absolute atomic E-state index is 11.5. The lowest BCUT2D eigenvalue weighted by Gasteiger charge is -2.07. The lowest BCUT2D eigenvalue weighted by atomic mass is 10.2. The molecule has 1 heterocycles. The molecule has 0 aromatic carbocycles. The van der Waals surface area contributed by atoms with Crippen LogP contribution in [0.15, 0.2) is 6.20 Å². The average molecular weight is 266 g/mol. The number of hydrogen-bond acceptors (Lipinski definition) is 6. The lowest BCUT2D eigenvalue weighted by Crippen LogP contribution is -2.14. The van der Waals surface area contributed by atoms with Crippen molar-refractivity contribution in [3.63, 3.8) is 0 Å². The van der Waals surface area contributed by atoms with Crippen LogP contribution < -0.4 is 11.1 Å². The number of esters is 1. The quantitative estimate of drug-likeness (QED) is 0.554. The molecule has 0 atom stereocenters. The van der Waals surface area contributed by atoms with Gasteiger partial charge in [-0.1, -0.05) is 0 Å². The molecule has 3 N–H and O–H groups in total. The highest BCUT2D eigenvalue weighted by Crippen LogP contribution is 2.08. The standard InChI is InChI=1S/C12H18N4O3/c1-3-19-11(18)9-7-15-12(16-8(9)2)14-6-4-5-10(13)17/h7H,3-6H2,1-2H3,(H2,13,17)(H,14,15,16). The predicted molar refractivity (Wildman–Crippen MR) is 69.6 cm³/mol. The molecule has 104 valence electrons. The summed E-state index contributed by atoms with van der Waals surface area (Å²) in [5.74, 6) is -0.355. The summed E-state index contributed by atoms with van der Waals surface area (Å²) in [5.41, 5.74) is 5.93. The van der Waals surface area contributed by atoms with Crippen LogP contribution >= 0.6 is 0 Å². The Kier molecular flexibility index (Phi) is 5.72. The lowest BCUT2D eigenvalue weighted by molar-refractivity contribution is -0.118. The molecule has 1 aromatic rings. The zero-order valence-corrected chi connectivity index (χ0v) is 11.1. The number of anilines is 1. The van der Waals surface area contributed by atoms with Crippen LogP contribution in [0.4, 0.5) is 5.95 Å². The van der Waals surface area contributed by atoms with Gasteiger partial charge in [-0.25, -0.2) is 14.8 Å². The highest BCUT2D eigenvalue weighted by atomic mass is 16.5. The Morgan fingerprint density at radius 2 is 2.21 bits per heavy atom. The van der Waals surface area contributed by atoms with E-state index in [9.17, 15) is 9.59 Å². The van der Waals surface area contributed by atoms with Crippen molar-refractivity contribution < 1.29 is 14.3 Å². The third-order valence-corrected chi connectivity index (χ3v) is 2.36. The van der Waals surface area contributed by atoms with E-state index in [1.54, 1.807) is 13.8 Å². The van der Waals surface area contributed by atoms with E-state index in [0.717, 1.165) is 0 Å². The van der Waals surface area contributed by atoms with Crippen molar-refractivity contribution in [2.75, 3.05) is 18.5 Å². The van der Waals surface area contributed by atoms with Gasteiger partial charge in [0.25, 0.3) is 0 Å². The minimum Gasteiger partial charge on any atom is -0.462 e. The topological polar surface area (TPSA) is 107 Å². The second-order valence-corrected chi connectivity index (χ2v) is 3.91. The number of nitrogens with one attached hydrogen (secondary N) is 1. The number of nitrogens with two attached hydrogens (primary N) is 1. The zero-order valence-electron chi connectivity index (χ0n) is 11.1. The first-order valence-electron chi connectivity index (χ1n) is 6.07. The first kappa shape index (κ1) is 14.9. The first-order valence-corrected chi connectivity index (χ1v) is 6.07. The average Bonchev–Trinajstić information content (AvgIpc) is 2.34. The van der Waals surface area contributed by atoms with Crippen LogP contribution in [0, 0.1) is 6.92 Å². The molecule has 0 aliphatic heterocycles. The van der Waals surface area contributed by atoms with E-state index in [1.165, 1.54) is 6.20 Å². The molecule has 0 saturated carbocycles. The number of aryl methyl sites for hydroxylation is 1. The molecule has 0 aliphatic carbocycles. The molecule has 0 unspecified atom stereocenters. The van der Waals surface area contributed by atoms with Crippen molar-refractivity contribution in [1.82, 2.24) is 9.97 Å². The SMILES string of the molecule is CCOC(=O)c1cnc(NCCCC(N)=O)nc1C. The summed E-state index contributed by atoms with van der Waals surface area (Å²) in [6, 6.07) is 0. The minimum atomic E-state index is -0.430. The van der Waals surface area contributed by atoms with Crippen molar-refractivity contribution in [2.45, 2.75) is 26.7 Å². The minimum absolute atomic E-state index is 0.311. The largest absolute Gasteiger partial charge is 0.462 e. The molecule has 0 fully saturated rings. The van der Waals surface area contributed by atoms with E-state index in [2.05, 4.69) is 15.3 Å². The fourth-order valence-electron chi connectivity index (χ4n) is 1.42. The van der Waals surface area contributed by atoms with E-state index in [1.807, 2.05) is 0 Å². The Hall–Kier alpha value is -2.18. The van der Waals surface area contributed by atoms with Crippen molar-refractivity contribution in [3.05, 3.63) is 17.5 Å². The van der Waals surface area contributed by atoms with Crippen LogP contribution in [0.25, 0.3) is 0 Å². The Labute approximate surface area is 111 Å². The molecule has 1 rings (SSSR count). The van der Waals surface area contributed by atoms with E-state index in [4.69, 9.17) is 10.5 Å². The molecule has 1 aromatic heterocycles. The van der Waals surface area contributed by atoms with Gasteiger partial charge in [0.05, 0.1) is 17.9 Å². The maximum atomic E-state index is 11.5. The number of rotatable bonds is 7. The van der Waals surface area contributed by atoms with Gasteiger partial charge < -0.3 is 15.8 Å². The number of hydrogen-bond donors (Lipinski definition) is 2. The van der Waals surface area contributed by atoms with Gasteiger partial charge in [0.1, 0.15) is 0 Å². The maximum Gasteiger partial charge on any atom is 0.341 e. The van der Waals surface area contributed by atoms with Crippen molar-refractivity contribution in [3.8, 4) is 0 Å². The number of carbonyl (C=O) groups is 2. The van der Waals surface area contributed by atoms with E-state index < -0.39 is 5.97 Å². The summed E-state index contributed by atoms with van der Waals surface area (Å²) in [7, 11) is 0. The van der Waals surface area contributed by atoms with E-state index >= 15 is 0 Å². The van der Waals surface area contributed by atoms with Crippen molar-refractivity contribution in [2.24, 2.45) is 5.73 Å². The second-order valence-electron chi connectivity index (χ2n) is 3.91. The molecular weight excluding hydrogens is 248 g/mol. The predicted octanol–water partition coefficient (Wildman–Crippen LogP) is 0.639. The number of primary amides is 1. The van der Waals surface area contributed by atoms with Gasteiger partial charge in [-0.05, 0) is 20.3 Å². The van der Waals surface area contributed by atoms with Crippen LogP contribution in [0.5, 0.6) is 0 Å². The molecular formula is C12H18N4O3. The van der Waals surface area contributed by atoms with E-state index in [0.29, 0.717) is 43.2 Å². The Bertz CT molecular complexity index is 462. The van der Waals surface area contributed by atoms with Crippen LogP contribution in [0.3, 0.4) is 0 Å². The van der Waals surface area contributed by atoms with Gasteiger partial charge in [0, 0.05) is 19.2 Å². The number of amides is 1.